The van der Waals surface area contributed by atoms with Crippen molar-refractivity contribution in [2.24, 2.45) is 0 Å². The first-order chi connectivity index (χ1) is 16.4. The van der Waals surface area contributed by atoms with Crippen molar-refractivity contribution < 1.29 is 22.4 Å². The number of likely N-dealkylation sites (tertiary alicyclic amines) is 1. The van der Waals surface area contributed by atoms with Gasteiger partial charge in [-0.25, -0.2) is 0 Å². The van der Waals surface area contributed by atoms with Gasteiger partial charge in [0.25, 0.3) is 0 Å². The van der Waals surface area contributed by atoms with E-state index in [1.807, 2.05) is 31.2 Å². The lowest BCUT2D eigenvalue weighted by molar-refractivity contribution is -0.138. The fraction of sp³-hybridized carbons (Fsp3) is 0.400. The molecule has 180 valence electrons. The zero-order valence-electron chi connectivity index (χ0n) is 18.9. The molecule has 1 atom stereocenters. The van der Waals surface area contributed by atoms with Crippen molar-refractivity contribution >= 4 is 6.34 Å². The highest BCUT2D eigenvalue weighted by Crippen LogP contribution is 2.36. The summed E-state index contributed by atoms with van der Waals surface area (Å²) in [5, 5.41) is 11.4. The normalized spacial score (nSPS) is 16.1. The molecule has 1 fully saturated rings. The van der Waals surface area contributed by atoms with E-state index in [1.54, 1.807) is 11.0 Å². The Balaban J connectivity index is 1.51. The van der Waals surface area contributed by atoms with Crippen molar-refractivity contribution in [3.05, 3.63) is 65.0 Å². The summed E-state index contributed by atoms with van der Waals surface area (Å²) < 4.78 is 52.5. The maximum Gasteiger partial charge on any atom is 0.416 e. The number of aryl methyl sites for hydroxylation is 2. The average Bonchev–Trinajstić information content (AvgIpc) is 3.51. The molecule has 0 aliphatic carbocycles. The maximum absolute atomic E-state index is 13.9. The van der Waals surface area contributed by atoms with Gasteiger partial charge in [0.2, 0.25) is 11.7 Å². The Labute approximate surface area is 196 Å². The van der Waals surface area contributed by atoms with Crippen LogP contribution >= 0.6 is 0 Å². The van der Waals surface area contributed by atoms with Gasteiger partial charge in [-0.3, -0.25) is 5.41 Å². The summed E-state index contributed by atoms with van der Waals surface area (Å²) in [6.45, 7) is 3.37. The first kappa shape index (κ1) is 23.8. The minimum atomic E-state index is -4.50. The molecule has 1 aliphatic heterocycles. The number of aromatic nitrogens is 2. The molecule has 0 saturated carbocycles. The van der Waals surface area contributed by atoms with Crippen LogP contribution < -0.4 is 4.74 Å². The van der Waals surface area contributed by atoms with Crippen LogP contribution in [0.15, 0.2) is 47.0 Å². The average molecular weight is 473 g/mol. The Hall–Kier alpha value is -3.36. The Morgan fingerprint density at radius 2 is 1.97 bits per heavy atom. The number of hydrogen-bond acceptors (Lipinski definition) is 5. The molecule has 1 aliphatic rings. The molecule has 1 saturated heterocycles. The van der Waals surface area contributed by atoms with Crippen molar-refractivity contribution in [1.82, 2.24) is 15.0 Å². The summed E-state index contributed by atoms with van der Waals surface area (Å²) >= 11 is 0. The van der Waals surface area contributed by atoms with Gasteiger partial charge in [-0.15, -0.1) is 0 Å². The number of benzene rings is 2. The first-order valence-electron chi connectivity index (χ1n) is 11.4. The summed E-state index contributed by atoms with van der Waals surface area (Å²) in [5.74, 6) is 1.19. The summed E-state index contributed by atoms with van der Waals surface area (Å²) in [5.41, 5.74) is 0.720. The Morgan fingerprint density at radius 1 is 1.18 bits per heavy atom. The van der Waals surface area contributed by atoms with Crippen LogP contribution in [0.1, 0.15) is 54.8 Å². The maximum atomic E-state index is 13.9. The van der Waals surface area contributed by atoms with Crippen molar-refractivity contribution in [3.63, 3.8) is 0 Å². The van der Waals surface area contributed by atoms with E-state index in [9.17, 15) is 13.2 Å². The molecule has 4 rings (SSSR count). The molecule has 1 aromatic heterocycles. The molecule has 2 aromatic carbocycles. The van der Waals surface area contributed by atoms with Gasteiger partial charge in [-0.05, 0) is 61.4 Å². The Morgan fingerprint density at radius 3 is 2.68 bits per heavy atom. The number of rotatable bonds is 9. The van der Waals surface area contributed by atoms with Crippen LogP contribution in [0.2, 0.25) is 0 Å². The van der Waals surface area contributed by atoms with Crippen LogP contribution in [0.4, 0.5) is 13.2 Å². The lowest BCUT2D eigenvalue weighted by atomic mass is 9.97. The minimum Gasteiger partial charge on any atom is -0.494 e. The Bertz CT molecular complexity index is 1110. The van der Waals surface area contributed by atoms with Crippen molar-refractivity contribution in [3.8, 4) is 17.1 Å². The van der Waals surface area contributed by atoms with Crippen LogP contribution in [0.3, 0.4) is 0 Å². The summed E-state index contributed by atoms with van der Waals surface area (Å²) in [6, 6.07) is 11.4. The highest BCUT2D eigenvalue weighted by atomic mass is 19.4. The molecule has 2 heterocycles. The quantitative estimate of drug-likeness (QED) is 0.302. The van der Waals surface area contributed by atoms with Gasteiger partial charge in [0.1, 0.15) is 11.8 Å². The van der Waals surface area contributed by atoms with E-state index in [-0.39, 0.29) is 29.4 Å². The first-order valence-corrected chi connectivity index (χ1v) is 11.4. The molecule has 3 aromatic rings. The lowest BCUT2D eigenvalue weighted by Crippen LogP contribution is -2.20. The van der Waals surface area contributed by atoms with E-state index in [0.29, 0.717) is 25.5 Å². The lowest BCUT2D eigenvalue weighted by Gasteiger charge is -2.16. The highest BCUT2D eigenvalue weighted by Gasteiger charge is 2.34. The molecular formula is C25H27F3N4O2. The van der Waals surface area contributed by atoms with Gasteiger partial charge in [0.05, 0.1) is 18.5 Å². The zero-order valence-corrected chi connectivity index (χ0v) is 18.9. The molecule has 0 radical (unpaired) electrons. The third-order valence-electron chi connectivity index (χ3n) is 5.94. The van der Waals surface area contributed by atoms with Gasteiger partial charge in [-0.1, -0.05) is 36.3 Å². The number of nitrogens with zero attached hydrogens (tertiary/aromatic N) is 3. The van der Waals surface area contributed by atoms with Gasteiger partial charge in [-0.2, -0.15) is 18.2 Å². The predicted molar refractivity (Wildman–Crippen MR) is 122 cm³/mol. The number of nitrogens with one attached hydrogen (secondary N) is 1. The molecule has 1 unspecified atom stereocenters. The van der Waals surface area contributed by atoms with Crippen LogP contribution in [0, 0.1) is 5.41 Å². The number of hydrogen-bond donors (Lipinski definition) is 1. The standard InChI is InChI=1S/C25H27F3N4O2/c1-2-14-33-20-11-6-17(7-12-20)5-8-18-9-10-19(15-21(18)25(26,27)28)23-30-24(34-31-23)22-4-3-13-32(22)16-29/h6-7,9-12,15-16,22,29H,2-5,8,13-14H2,1H3. The summed E-state index contributed by atoms with van der Waals surface area (Å²) in [7, 11) is 0. The molecular weight excluding hydrogens is 445 g/mol. The van der Waals surface area contributed by atoms with E-state index in [2.05, 4.69) is 10.1 Å². The van der Waals surface area contributed by atoms with Crippen LogP contribution in [0.25, 0.3) is 11.4 Å². The summed E-state index contributed by atoms with van der Waals surface area (Å²) in [4.78, 5) is 6.12. The van der Waals surface area contributed by atoms with E-state index < -0.39 is 11.7 Å². The van der Waals surface area contributed by atoms with Gasteiger partial charge >= 0.3 is 6.18 Å². The second-order valence-corrected chi connectivity index (χ2v) is 8.34. The second-order valence-electron chi connectivity index (χ2n) is 8.34. The third kappa shape index (κ3) is 5.40. The smallest absolute Gasteiger partial charge is 0.416 e. The van der Waals surface area contributed by atoms with Gasteiger partial charge < -0.3 is 14.2 Å². The monoisotopic (exact) mass is 472 g/mol. The van der Waals surface area contributed by atoms with E-state index in [1.165, 1.54) is 12.4 Å². The molecule has 9 heteroatoms. The summed E-state index contributed by atoms with van der Waals surface area (Å²) in [6.07, 6.45) is 0.00472. The fourth-order valence-corrected chi connectivity index (χ4v) is 4.15. The molecule has 0 spiro atoms. The van der Waals surface area contributed by atoms with Crippen molar-refractivity contribution in [2.75, 3.05) is 13.2 Å². The SMILES string of the molecule is CCCOc1ccc(CCc2ccc(-c3noc(C4CCCN4C=N)n3)cc2C(F)(F)F)cc1. The van der Waals surface area contributed by atoms with E-state index >= 15 is 0 Å². The van der Waals surface area contributed by atoms with Gasteiger partial charge in [0.15, 0.2) is 0 Å². The van der Waals surface area contributed by atoms with Crippen molar-refractivity contribution in [2.45, 2.75) is 51.2 Å². The number of alkyl halides is 3. The fourth-order valence-electron chi connectivity index (χ4n) is 4.15. The van der Waals surface area contributed by atoms with Crippen molar-refractivity contribution in [1.29, 1.82) is 5.41 Å². The third-order valence-corrected chi connectivity index (χ3v) is 5.94. The second kappa shape index (κ2) is 10.3. The molecule has 0 bridgehead atoms. The van der Waals surface area contributed by atoms with Gasteiger partial charge in [0, 0.05) is 12.1 Å². The predicted octanol–water partition coefficient (Wildman–Crippen LogP) is 6.07. The van der Waals surface area contributed by atoms with E-state index in [0.717, 1.165) is 36.6 Å². The molecule has 0 amide bonds. The van der Waals surface area contributed by atoms with E-state index in [4.69, 9.17) is 14.7 Å². The zero-order chi connectivity index (χ0) is 24.1. The minimum absolute atomic E-state index is 0.117. The molecule has 1 N–H and O–H groups in total. The molecule has 6 nitrogen and oxygen atoms in total. The van der Waals surface area contributed by atoms with Crippen LogP contribution in [0.5, 0.6) is 5.75 Å². The largest absolute Gasteiger partial charge is 0.494 e. The number of ether oxygens (including phenoxy) is 1. The highest BCUT2D eigenvalue weighted by molar-refractivity contribution is 5.58. The van der Waals surface area contributed by atoms with Crippen LogP contribution in [-0.4, -0.2) is 34.5 Å². The topological polar surface area (TPSA) is 75.2 Å². The Kier molecular flexibility index (Phi) is 7.19. The van der Waals surface area contributed by atoms with Crippen LogP contribution in [-0.2, 0) is 19.0 Å². The number of halogens is 3. The molecule has 34 heavy (non-hydrogen) atoms.